The van der Waals surface area contributed by atoms with Crippen LogP contribution in [0.4, 0.5) is 0 Å². The first-order valence-corrected chi connectivity index (χ1v) is 6.75. The highest BCUT2D eigenvalue weighted by Crippen LogP contribution is 2.23. The number of fused-ring (bicyclic) bond motifs is 1. The molecule has 2 heterocycles. The summed E-state index contributed by atoms with van der Waals surface area (Å²) in [7, 11) is 0. The lowest BCUT2D eigenvalue weighted by atomic mass is 10.1. The van der Waals surface area contributed by atoms with Gasteiger partial charge in [0.05, 0.1) is 4.86 Å². The number of nitrogens with one attached hydrogen (secondary N) is 1. The highest BCUT2D eigenvalue weighted by Gasteiger charge is 2.15. The molecule has 0 saturated carbocycles. The fourth-order valence-corrected chi connectivity index (χ4v) is 2.95. The number of aromatic nitrogens is 2. The predicted octanol–water partition coefficient (Wildman–Crippen LogP) is 3.09. The van der Waals surface area contributed by atoms with E-state index in [2.05, 4.69) is 9.97 Å². The van der Waals surface area contributed by atoms with Crippen LogP contribution in [0, 0.1) is 0 Å². The summed E-state index contributed by atoms with van der Waals surface area (Å²) in [6, 6.07) is 7.82. The molecule has 19 heavy (non-hydrogen) atoms. The molecule has 0 aliphatic heterocycles. The number of hydrogen-bond donors (Lipinski definition) is 2. The van der Waals surface area contributed by atoms with Gasteiger partial charge >= 0.3 is 5.97 Å². The van der Waals surface area contributed by atoms with Crippen LogP contribution in [0.25, 0.3) is 10.9 Å². The molecule has 0 aliphatic carbocycles. The second kappa shape index (κ2) is 4.56. The largest absolute Gasteiger partial charge is 0.476 e. The van der Waals surface area contributed by atoms with Crippen LogP contribution >= 0.6 is 23.6 Å². The molecule has 0 spiro atoms. The molecular formula is C13H8N2O2S2. The number of para-hydroxylation sites is 1. The van der Waals surface area contributed by atoms with Crippen molar-refractivity contribution >= 4 is 45.3 Å². The lowest BCUT2D eigenvalue weighted by Crippen LogP contribution is -2.01. The monoisotopic (exact) mass is 288 g/mol. The van der Waals surface area contributed by atoms with E-state index in [0.717, 1.165) is 16.5 Å². The van der Waals surface area contributed by atoms with E-state index in [1.165, 1.54) is 16.7 Å². The topological polar surface area (TPSA) is 66.0 Å². The number of hydrogen-bond acceptors (Lipinski definition) is 4. The molecule has 0 fully saturated rings. The molecule has 0 unspecified atom stereocenters. The van der Waals surface area contributed by atoms with Gasteiger partial charge in [0.2, 0.25) is 0 Å². The number of carboxylic acid groups (broad SMARTS) is 1. The molecule has 0 amide bonds. The normalized spacial score (nSPS) is 10.7. The van der Waals surface area contributed by atoms with Gasteiger partial charge in [0, 0.05) is 28.0 Å². The van der Waals surface area contributed by atoms with Gasteiger partial charge in [-0.05, 0) is 6.07 Å². The van der Waals surface area contributed by atoms with E-state index in [1.54, 1.807) is 0 Å². The summed E-state index contributed by atoms with van der Waals surface area (Å²) in [6.07, 6.45) is 1.83. The Morgan fingerprint density at radius 2 is 2.16 bits per heavy atom. The summed E-state index contributed by atoms with van der Waals surface area (Å²) in [6.45, 7) is 0. The first-order chi connectivity index (χ1) is 9.16. The number of aromatic amines is 1. The molecule has 6 heteroatoms. The second-order valence-electron chi connectivity index (χ2n) is 3.92. The SMILES string of the molecule is O=C(O)c1csc(C(=S)c2c[nH]c3ccccc23)n1. The second-order valence-corrected chi connectivity index (χ2v) is 5.19. The summed E-state index contributed by atoms with van der Waals surface area (Å²) in [5.74, 6) is -1.04. The Balaban J connectivity index is 2.05. The van der Waals surface area contributed by atoms with E-state index in [0.29, 0.717) is 9.87 Å². The van der Waals surface area contributed by atoms with Gasteiger partial charge in [-0.25, -0.2) is 9.78 Å². The molecule has 3 rings (SSSR count). The molecule has 94 valence electrons. The Morgan fingerprint density at radius 1 is 1.37 bits per heavy atom. The molecule has 2 N–H and O–H groups in total. The van der Waals surface area contributed by atoms with Crippen molar-refractivity contribution in [3.8, 4) is 0 Å². The first kappa shape index (κ1) is 12.0. The Morgan fingerprint density at radius 3 is 2.89 bits per heavy atom. The minimum absolute atomic E-state index is 0.0298. The number of rotatable bonds is 3. The summed E-state index contributed by atoms with van der Waals surface area (Å²) in [5.41, 5.74) is 1.90. The molecule has 1 aromatic carbocycles. The number of aromatic carboxylic acids is 1. The fourth-order valence-electron chi connectivity index (χ4n) is 1.85. The van der Waals surface area contributed by atoms with Gasteiger partial charge in [0.1, 0.15) is 5.01 Å². The predicted molar refractivity (Wildman–Crippen MR) is 78.2 cm³/mol. The zero-order valence-corrected chi connectivity index (χ0v) is 11.2. The molecule has 0 aliphatic rings. The fraction of sp³-hybridized carbons (Fsp3) is 0. The van der Waals surface area contributed by atoms with Crippen LogP contribution in [0.15, 0.2) is 35.8 Å². The zero-order chi connectivity index (χ0) is 13.4. The van der Waals surface area contributed by atoms with Crippen molar-refractivity contribution in [1.82, 2.24) is 9.97 Å². The van der Waals surface area contributed by atoms with Gasteiger partial charge in [-0.2, -0.15) is 0 Å². The number of carbonyl (C=O) groups is 1. The number of nitrogens with zero attached hydrogens (tertiary/aromatic N) is 1. The molecule has 0 bridgehead atoms. The van der Waals surface area contributed by atoms with Crippen LogP contribution in [0.2, 0.25) is 0 Å². The maximum atomic E-state index is 10.8. The van der Waals surface area contributed by atoms with E-state index >= 15 is 0 Å². The molecule has 4 nitrogen and oxygen atoms in total. The van der Waals surface area contributed by atoms with E-state index in [-0.39, 0.29) is 5.69 Å². The van der Waals surface area contributed by atoms with Crippen LogP contribution in [0.3, 0.4) is 0 Å². The van der Waals surface area contributed by atoms with E-state index < -0.39 is 5.97 Å². The number of thiocarbonyl (C=S) groups is 1. The quantitative estimate of drug-likeness (QED) is 0.574. The van der Waals surface area contributed by atoms with E-state index in [9.17, 15) is 4.79 Å². The van der Waals surface area contributed by atoms with E-state index in [1.807, 2.05) is 30.5 Å². The van der Waals surface area contributed by atoms with Gasteiger partial charge in [-0.15, -0.1) is 11.3 Å². The molecule has 0 saturated heterocycles. The minimum Gasteiger partial charge on any atom is -0.476 e. The van der Waals surface area contributed by atoms with Crippen LogP contribution in [0.5, 0.6) is 0 Å². The summed E-state index contributed by atoms with van der Waals surface area (Å²) >= 11 is 6.65. The van der Waals surface area contributed by atoms with Crippen molar-refractivity contribution in [3.05, 3.63) is 52.1 Å². The third kappa shape index (κ3) is 2.05. The number of carboxylic acids is 1. The number of H-pyrrole nitrogens is 1. The lowest BCUT2D eigenvalue weighted by Gasteiger charge is -1.97. The van der Waals surface area contributed by atoms with Crippen molar-refractivity contribution in [1.29, 1.82) is 0 Å². The summed E-state index contributed by atoms with van der Waals surface area (Å²) in [4.78, 5) is 18.6. The summed E-state index contributed by atoms with van der Waals surface area (Å²) < 4.78 is 0. The van der Waals surface area contributed by atoms with Crippen molar-refractivity contribution in [2.24, 2.45) is 0 Å². The zero-order valence-electron chi connectivity index (χ0n) is 9.58. The Labute approximate surface area is 117 Å². The van der Waals surface area contributed by atoms with Gasteiger partial charge in [-0.3, -0.25) is 0 Å². The maximum absolute atomic E-state index is 10.8. The molecule has 0 atom stereocenters. The average Bonchev–Trinajstić information content (AvgIpc) is 3.05. The smallest absolute Gasteiger partial charge is 0.355 e. The van der Waals surface area contributed by atoms with Crippen molar-refractivity contribution in [2.75, 3.05) is 0 Å². The van der Waals surface area contributed by atoms with E-state index in [4.69, 9.17) is 17.3 Å². The van der Waals surface area contributed by atoms with Gasteiger partial charge < -0.3 is 10.1 Å². The third-order valence-electron chi connectivity index (χ3n) is 2.75. The Bertz CT molecular complexity index is 789. The lowest BCUT2D eigenvalue weighted by molar-refractivity contribution is 0.0691. The van der Waals surface area contributed by atoms with Gasteiger partial charge in [0.25, 0.3) is 0 Å². The van der Waals surface area contributed by atoms with Gasteiger partial charge in [0.15, 0.2) is 5.69 Å². The molecule has 3 aromatic rings. The Kier molecular flexibility index (Phi) is 2.88. The van der Waals surface area contributed by atoms with Crippen molar-refractivity contribution in [2.45, 2.75) is 0 Å². The van der Waals surface area contributed by atoms with Crippen LogP contribution in [0.1, 0.15) is 21.1 Å². The van der Waals surface area contributed by atoms with Crippen LogP contribution in [-0.2, 0) is 0 Å². The molecular weight excluding hydrogens is 280 g/mol. The standard InChI is InChI=1S/C13H8N2O2S2/c16-13(17)10-6-19-12(15-10)11(18)8-5-14-9-4-2-1-3-7(8)9/h1-6,14H,(H,16,17). The third-order valence-corrected chi connectivity index (χ3v) is 4.15. The number of benzene rings is 1. The molecule has 0 radical (unpaired) electrons. The highest BCUT2D eigenvalue weighted by atomic mass is 32.1. The first-order valence-electron chi connectivity index (χ1n) is 5.46. The number of thiazole rings is 1. The van der Waals surface area contributed by atoms with Crippen LogP contribution < -0.4 is 0 Å². The van der Waals surface area contributed by atoms with Crippen LogP contribution in [-0.4, -0.2) is 25.9 Å². The van der Waals surface area contributed by atoms with Crippen molar-refractivity contribution in [3.63, 3.8) is 0 Å². The highest BCUT2D eigenvalue weighted by molar-refractivity contribution is 7.81. The summed E-state index contributed by atoms with van der Waals surface area (Å²) in [5, 5.41) is 11.9. The van der Waals surface area contributed by atoms with Gasteiger partial charge in [-0.1, -0.05) is 30.4 Å². The maximum Gasteiger partial charge on any atom is 0.355 e. The van der Waals surface area contributed by atoms with Crippen molar-refractivity contribution < 1.29 is 9.90 Å². The Hall–Kier alpha value is -2.05. The molecule has 2 aromatic heterocycles. The average molecular weight is 288 g/mol. The minimum atomic E-state index is -1.04.